The molecule has 2 aliphatic rings. The first-order valence-corrected chi connectivity index (χ1v) is 6.76. The number of hydrogen-bond acceptors (Lipinski definition) is 2. The zero-order chi connectivity index (χ0) is 10.5. The Labute approximate surface area is 94.4 Å². The highest BCUT2D eigenvalue weighted by atomic mass is 15.1. The fourth-order valence-corrected chi connectivity index (χ4v) is 3.17. The minimum atomic E-state index is 0.776. The summed E-state index contributed by atoms with van der Waals surface area (Å²) in [7, 11) is 2.30. The molecule has 1 aliphatic heterocycles. The summed E-state index contributed by atoms with van der Waals surface area (Å²) >= 11 is 0. The van der Waals surface area contributed by atoms with Crippen molar-refractivity contribution in [1.82, 2.24) is 10.2 Å². The molecule has 0 bridgehead atoms. The van der Waals surface area contributed by atoms with E-state index in [9.17, 15) is 0 Å². The van der Waals surface area contributed by atoms with Gasteiger partial charge < -0.3 is 10.2 Å². The first-order chi connectivity index (χ1) is 7.34. The summed E-state index contributed by atoms with van der Waals surface area (Å²) in [5, 5.41) is 3.58. The lowest BCUT2D eigenvalue weighted by molar-refractivity contribution is 0.220. The van der Waals surface area contributed by atoms with Crippen LogP contribution in [0.3, 0.4) is 0 Å². The van der Waals surface area contributed by atoms with Gasteiger partial charge in [-0.25, -0.2) is 0 Å². The minimum Gasteiger partial charge on any atom is -0.313 e. The predicted octanol–water partition coefficient (Wildman–Crippen LogP) is 2.25. The first-order valence-electron chi connectivity index (χ1n) is 6.76. The predicted molar refractivity (Wildman–Crippen MR) is 65.1 cm³/mol. The third-order valence-electron chi connectivity index (χ3n) is 3.99. The normalized spacial score (nSPS) is 28.8. The molecule has 1 heterocycles. The van der Waals surface area contributed by atoms with Crippen molar-refractivity contribution in [3.8, 4) is 0 Å². The summed E-state index contributed by atoms with van der Waals surface area (Å²) in [4.78, 5) is 2.55. The van der Waals surface area contributed by atoms with Gasteiger partial charge in [0.1, 0.15) is 0 Å². The fourth-order valence-electron chi connectivity index (χ4n) is 3.17. The molecule has 0 radical (unpaired) electrons. The van der Waals surface area contributed by atoms with E-state index >= 15 is 0 Å². The summed E-state index contributed by atoms with van der Waals surface area (Å²) in [5.74, 6) is 0.991. The monoisotopic (exact) mass is 210 g/mol. The first kappa shape index (κ1) is 11.4. The van der Waals surface area contributed by atoms with E-state index in [0.29, 0.717) is 0 Å². The van der Waals surface area contributed by atoms with Crippen molar-refractivity contribution < 1.29 is 0 Å². The molecular weight excluding hydrogens is 184 g/mol. The third kappa shape index (κ3) is 3.76. The fraction of sp³-hybridized carbons (Fsp3) is 1.00. The van der Waals surface area contributed by atoms with Gasteiger partial charge in [0, 0.05) is 19.1 Å². The zero-order valence-corrected chi connectivity index (χ0v) is 10.2. The number of hydrogen-bond donors (Lipinski definition) is 1. The minimum absolute atomic E-state index is 0.776. The molecule has 15 heavy (non-hydrogen) atoms. The maximum absolute atomic E-state index is 3.58. The van der Waals surface area contributed by atoms with Gasteiger partial charge in [0.2, 0.25) is 0 Å². The highest BCUT2D eigenvalue weighted by molar-refractivity contribution is 4.78. The Hall–Kier alpha value is -0.0800. The summed E-state index contributed by atoms with van der Waals surface area (Å²) in [6.07, 6.45) is 10.1. The maximum atomic E-state index is 3.58. The van der Waals surface area contributed by atoms with E-state index in [1.807, 2.05) is 0 Å². The Morgan fingerprint density at radius 1 is 1.00 bits per heavy atom. The molecule has 1 atom stereocenters. The Morgan fingerprint density at radius 2 is 1.80 bits per heavy atom. The summed E-state index contributed by atoms with van der Waals surface area (Å²) in [6, 6.07) is 0.776. The van der Waals surface area contributed by atoms with E-state index < -0.39 is 0 Å². The molecule has 1 saturated carbocycles. The molecule has 0 spiro atoms. The molecule has 1 N–H and O–H groups in total. The largest absolute Gasteiger partial charge is 0.313 e. The lowest BCUT2D eigenvalue weighted by Gasteiger charge is -2.28. The van der Waals surface area contributed by atoms with Gasteiger partial charge in [-0.3, -0.25) is 0 Å². The molecule has 88 valence electrons. The van der Waals surface area contributed by atoms with Crippen molar-refractivity contribution in [1.29, 1.82) is 0 Å². The van der Waals surface area contributed by atoms with Crippen LogP contribution in [0.1, 0.15) is 44.9 Å². The van der Waals surface area contributed by atoms with E-state index in [-0.39, 0.29) is 0 Å². The molecule has 0 amide bonds. The van der Waals surface area contributed by atoms with Gasteiger partial charge in [0.05, 0.1) is 0 Å². The molecular formula is C13H26N2. The van der Waals surface area contributed by atoms with Gasteiger partial charge in [-0.05, 0) is 45.2 Å². The Kier molecular flexibility index (Phi) is 4.45. The van der Waals surface area contributed by atoms with E-state index in [1.54, 1.807) is 0 Å². The highest BCUT2D eigenvalue weighted by Crippen LogP contribution is 2.24. The van der Waals surface area contributed by atoms with Crippen LogP contribution in [0, 0.1) is 5.92 Å². The van der Waals surface area contributed by atoms with Crippen molar-refractivity contribution >= 4 is 0 Å². The molecule has 0 aromatic rings. The van der Waals surface area contributed by atoms with Crippen LogP contribution in [0.4, 0.5) is 0 Å². The van der Waals surface area contributed by atoms with Crippen LogP contribution >= 0.6 is 0 Å². The van der Waals surface area contributed by atoms with Crippen molar-refractivity contribution in [2.75, 3.05) is 26.7 Å². The average molecular weight is 210 g/mol. The molecule has 1 aliphatic carbocycles. The van der Waals surface area contributed by atoms with Gasteiger partial charge in [0.15, 0.2) is 0 Å². The number of rotatable bonds is 4. The van der Waals surface area contributed by atoms with E-state index in [2.05, 4.69) is 17.3 Å². The second kappa shape index (κ2) is 5.86. The lowest BCUT2D eigenvalue weighted by atomic mass is 9.89. The van der Waals surface area contributed by atoms with Gasteiger partial charge in [-0.15, -0.1) is 0 Å². The second-order valence-electron chi connectivity index (χ2n) is 5.52. The van der Waals surface area contributed by atoms with E-state index in [4.69, 9.17) is 0 Å². The zero-order valence-electron chi connectivity index (χ0n) is 10.2. The van der Waals surface area contributed by atoms with E-state index in [0.717, 1.165) is 12.0 Å². The van der Waals surface area contributed by atoms with Crippen LogP contribution in [-0.2, 0) is 0 Å². The second-order valence-corrected chi connectivity index (χ2v) is 5.52. The quantitative estimate of drug-likeness (QED) is 0.765. The summed E-state index contributed by atoms with van der Waals surface area (Å²) in [5.41, 5.74) is 0. The van der Waals surface area contributed by atoms with Crippen LogP contribution in [-0.4, -0.2) is 37.6 Å². The molecule has 0 aromatic carbocycles. The lowest BCUT2D eigenvalue weighted by Crippen LogP contribution is -2.37. The number of nitrogens with zero attached hydrogens (tertiary/aromatic N) is 1. The average Bonchev–Trinajstić information content (AvgIpc) is 2.71. The summed E-state index contributed by atoms with van der Waals surface area (Å²) < 4.78 is 0. The molecule has 0 unspecified atom stereocenters. The van der Waals surface area contributed by atoms with E-state index in [1.165, 1.54) is 64.6 Å². The Bertz CT molecular complexity index is 169. The number of likely N-dealkylation sites (N-methyl/N-ethyl adjacent to an activating group) is 1. The maximum Gasteiger partial charge on any atom is 0.0195 e. The molecule has 2 heteroatoms. The van der Waals surface area contributed by atoms with Crippen LogP contribution in [0.25, 0.3) is 0 Å². The van der Waals surface area contributed by atoms with Crippen molar-refractivity contribution in [3.05, 3.63) is 0 Å². The van der Waals surface area contributed by atoms with Crippen LogP contribution in [0.15, 0.2) is 0 Å². The van der Waals surface area contributed by atoms with Crippen molar-refractivity contribution in [2.24, 2.45) is 5.92 Å². The van der Waals surface area contributed by atoms with Crippen molar-refractivity contribution in [3.63, 3.8) is 0 Å². The Morgan fingerprint density at radius 3 is 2.47 bits per heavy atom. The SMILES string of the molecule is CN(CC1CCCCC1)C[C@H]1CCCN1. The topological polar surface area (TPSA) is 15.3 Å². The van der Waals surface area contributed by atoms with Crippen LogP contribution in [0.2, 0.25) is 0 Å². The molecule has 0 aromatic heterocycles. The third-order valence-corrected chi connectivity index (χ3v) is 3.99. The summed E-state index contributed by atoms with van der Waals surface area (Å²) in [6.45, 7) is 3.83. The van der Waals surface area contributed by atoms with Crippen LogP contribution in [0.5, 0.6) is 0 Å². The van der Waals surface area contributed by atoms with Crippen LogP contribution < -0.4 is 5.32 Å². The van der Waals surface area contributed by atoms with Gasteiger partial charge in [-0.1, -0.05) is 19.3 Å². The standard InChI is InChI=1S/C13H26N2/c1-15(11-13-8-5-9-14-13)10-12-6-3-2-4-7-12/h12-14H,2-11H2,1H3/t13-/m1/s1. The van der Waals surface area contributed by atoms with Gasteiger partial charge >= 0.3 is 0 Å². The Balaban J connectivity index is 1.64. The van der Waals surface area contributed by atoms with Crippen molar-refractivity contribution in [2.45, 2.75) is 51.0 Å². The molecule has 2 fully saturated rings. The smallest absolute Gasteiger partial charge is 0.0195 e. The number of nitrogens with one attached hydrogen (secondary N) is 1. The molecule has 2 nitrogen and oxygen atoms in total. The van der Waals surface area contributed by atoms with Gasteiger partial charge in [-0.2, -0.15) is 0 Å². The molecule has 1 saturated heterocycles. The van der Waals surface area contributed by atoms with Gasteiger partial charge in [0.25, 0.3) is 0 Å². The molecule has 2 rings (SSSR count). The highest BCUT2D eigenvalue weighted by Gasteiger charge is 2.19.